The van der Waals surface area contributed by atoms with E-state index >= 15 is 0 Å². The molecule has 0 bridgehead atoms. The number of nitrogens with one attached hydrogen (secondary N) is 1. The molecule has 4 aromatic rings. The fourth-order valence-electron chi connectivity index (χ4n) is 4.28. The lowest BCUT2D eigenvalue weighted by atomic mass is 9.94. The molecular formula is C28H25N3O3. The molecule has 2 heterocycles. The molecule has 0 aliphatic carbocycles. The van der Waals surface area contributed by atoms with Gasteiger partial charge in [0.15, 0.2) is 5.82 Å². The highest BCUT2D eigenvalue weighted by Gasteiger charge is 2.29. The average molecular weight is 452 g/mol. The Morgan fingerprint density at radius 3 is 2.35 bits per heavy atom. The number of nitrogens with zero attached hydrogens (tertiary/aromatic N) is 2. The van der Waals surface area contributed by atoms with Crippen LogP contribution in [0.4, 0.5) is 5.82 Å². The number of benzene rings is 3. The Balaban J connectivity index is 1.69. The van der Waals surface area contributed by atoms with Gasteiger partial charge in [0.05, 0.1) is 19.3 Å². The third-order valence-electron chi connectivity index (χ3n) is 5.83. The second kappa shape index (κ2) is 9.75. The molecule has 34 heavy (non-hydrogen) atoms. The normalized spacial score (nSPS) is 14.6. The Morgan fingerprint density at radius 2 is 1.62 bits per heavy atom. The number of esters is 1. The van der Waals surface area contributed by atoms with Crippen molar-refractivity contribution in [3.8, 4) is 28.1 Å². The highest BCUT2D eigenvalue weighted by molar-refractivity contribution is 6.05. The van der Waals surface area contributed by atoms with Crippen LogP contribution in [-0.4, -0.2) is 29.4 Å². The second-order valence-corrected chi connectivity index (χ2v) is 7.97. The van der Waals surface area contributed by atoms with E-state index in [1.165, 1.54) is 0 Å². The molecule has 1 aliphatic heterocycles. The van der Waals surface area contributed by atoms with Gasteiger partial charge in [-0.3, -0.25) is 0 Å². The Labute approximate surface area is 198 Å². The minimum Gasteiger partial charge on any atom is -0.493 e. The number of hydrogen-bond acceptors (Lipinski definition) is 6. The first-order valence-corrected chi connectivity index (χ1v) is 11.4. The fourth-order valence-corrected chi connectivity index (χ4v) is 4.28. The van der Waals surface area contributed by atoms with Crippen LogP contribution in [0.3, 0.4) is 0 Å². The molecule has 0 amide bonds. The maximum Gasteiger partial charge on any atom is 0.342 e. The molecule has 3 aromatic carbocycles. The van der Waals surface area contributed by atoms with Crippen molar-refractivity contribution in [3.05, 3.63) is 96.1 Å². The van der Waals surface area contributed by atoms with Crippen molar-refractivity contribution in [2.45, 2.75) is 19.4 Å². The minimum atomic E-state index is -0.434. The first-order chi connectivity index (χ1) is 16.8. The van der Waals surface area contributed by atoms with Crippen LogP contribution >= 0.6 is 0 Å². The van der Waals surface area contributed by atoms with Gasteiger partial charge >= 0.3 is 5.97 Å². The number of fused-ring (bicyclic) bond motifs is 1. The molecule has 170 valence electrons. The molecule has 0 fully saturated rings. The lowest BCUT2D eigenvalue weighted by Gasteiger charge is -2.28. The summed E-state index contributed by atoms with van der Waals surface area (Å²) in [4.78, 5) is 13.4. The second-order valence-electron chi connectivity index (χ2n) is 7.97. The largest absolute Gasteiger partial charge is 0.493 e. The van der Waals surface area contributed by atoms with E-state index in [0.29, 0.717) is 29.2 Å². The van der Waals surface area contributed by atoms with Gasteiger partial charge in [-0.05, 0) is 18.6 Å². The highest BCUT2D eigenvalue weighted by Crippen LogP contribution is 2.39. The zero-order valence-electron chi connectivity index (χ0n) is 18.9. The summed E-state index contributed by atoms with van der Waals surface area (Å²) >= 11 is 0. The van der Waals surface area contributed by atoms with Crippen LogP contribution in [0, 0.1) is 0 Å². The van der Waals surface area contributed by atoms with Gasteiger partial charge in [0.2, 0.25) is 0 Å². The van der Waals surface area contributed by atoms with Gasteiger partial charge in [0.25, 0.3) is 0 Å². The topological polar surface area (TPSA) is 73.3 Å². The van der Waals surface area contributed by atoms with E-state index in [1.807, 2.05) is 84.9 Å². The van der Waals surface area contributed by atoms with Crippen molar-refractivity contribution < 1.29 is 14.3 Å². The maximum absolute atomic E-state index is 13.4. The molecule has 0 saturated carbocycles. The maximum atomic E-state index is 13.4. The molecule has 1 unspecified atom stereocenters. The molecule has 1 atom stereocenters. The predicted octanol–water partition coefficient (Wildman–Crippen LogP) is 5.92. The molecule has 1 aromatic heterocycles. The summed E-state index contributed by atoms with van der Waals surface area (Å²) in [6.45, 7) is 2.63. The Bertz CT molecular complexity index is 1290. The third-order valence-corrected chi connectivity index (χ3v) is 5.83. The molecule has 0 spiro atoms. The highest BCUT2D eigenvalue weighted by atomic mass is 16.5. The number of carbonyl (C=O) groups is 1. The first-order valence-electron chi connectivity index (χ1n) is 11.4. The van der Waals surface area contributed by atoms with E-state index in [1.54, 1.807) is 6.92 Å². The van der Waals surface area contributed by atoms with Crippen LogP contribution in [0.5, 0.6) is 5.75 Å². The van der Waals surface area contributed by atoms with Crippen molar-refractivity contribution in [1.29, 1.82) is 0 Å². The SMILES string of the molecule is CCOC(=O)c1c(NC2CCOc3ccccc32)nnc(-c2ccccc2)c1-c1ccccc1. The van der Waals surface area contributed by atoms with E-state index in [-0.39, 0.29) is 12.6 Å². The van der Waals surface area contributed by atoms with E-state index < -0.39 is 5.97 Å². The van der Waals surface area contributed by atoms with E-state index in [0.717, 1.165) is 28.9 Å². The van der Waals surface area contributed by atoms with Crippen molar-refractivity contribution >= 4 is 11.8 Å². The summed E-state index contributed by atoms with van der Waals surface area (Å²) in [7, 11) is 0. The van der Waals surface area contributed by atoms with Gasteiger partial charge in [-0.1, -0.05) is 78.9 Å². The van der Waals surface area contributed by atoms with Gasteiger partial charge in [0.1, 0.15) is 17.0 Å². The van der Waals surface area contributed by atoms with Crippen molar-refractivity contribution in [2.24, 2.45) is 0 Å². The molecular weight excluding hydrogens is 426 g/mol. The minimum absolute atomic E-state index is 0.0707. The smallest absolute Gasteiger partial charge is 0.342 e. The van der Waals surface area contributed by atoms with E-state index in [4.69, 9.17) is 9.47 Å². The Morgan fingerprint density at radius 1 is 0.941 bits per heavy atom. The van der Waals surface area contributed by atoms with Crippen LogP contribution in [0.2, 0.25) is 0 Å². The third kappa shape index (κ3) is 4.22. The van der Waals surface area contributed by atoms with Crippen molar-refractivity contribution in [2.75, 3.05) is 18.5 Å². The van der Waals surface area contributed by atoms with Gasteiger partial charge in [-0.25, -0.2) is 4.79 Å². The Hall–Kier alpha value is -4.19. The molecule has 6 heteroatoms. The number of ether oxygens (including phenoxy) is 2. The first kappa shape index (κ1) is 21.6. The van der Waals surface area contributed by atoms with Crippen molar-refractivity contribution in [3.63, 3.8) is 0 Å². The number of anilines is 1. The van der Waals surface area contributed by atoms with Crippen LogP contribution < -0.4 is 10.1 Å². The predicted molar refractivity (Wildman–Crippen MR) is 132 cm³/mol. The quantitative estimate of drug-likeness (QED) is 0.367. The number of rotatable bonds is 6. The molecule has 0 saturated heterocycles. The van der Waals surface area contributed by atoms with Gasteiger partial charge in [-0.15, -0.1) is 10.2 Å². The monoisotopic (exact) mass is 451 g/mol. The lowest BCUT2D eigenvalue weighted by molar-refractivity contribution is 0.0528. The summed E-state index contributed by atoms with van der Waals surface area (Å²) in [5.74, 6) is 0.802. The fraction of sp³-hybridized carbons (Fsp3) is 0.179. The number of carbonyl (C=O) groups excluding carboxylic acids is 1. The molecule has 1 aliphatic rings. The number of para-hydroxylation sites is 1. The summed E-state index contributed by atoms with van der Waals surface area (Å²) in [5, 5.41) is 12.6. The van der Waals surface area contributed by atoms with Crippen molar-refractivity contribution in [1.82, 2.24) is 10.2 Å². The summed E-state index contributed by atoms with van der Waals surface area (Å²) in [6.07, 6.45) is 0.738. The van der Waals surface area contributed by atoms with Gasteiger partial charge < -0.3 is 14.8 Å². The zero-order chi connectivity index (χ0) is 23.3. The summed E-state index contributed by atoms with van der Waals surface area (Å²) in [5.41, 5.74) is 4.48. The molecule has 0 radical (unpaired) electrons. The van der Waals surface area contributed by atoms with Gasteiger partial charge in [-0.2, -0.15) is 0 Å². The Kier molecular flexibility index (Phi) is 6.21. The molecule has 6 nitrogen and oxygen atoms in total. The van der Waals surface area contributed by atoms with Crippen LogP contribution in [0.1, 0.15) is 35.3 Å². The molecule has 5 rings (SSSR count). The standard InChI is InChI=1S/C28H25N3O3/c1-2-33-28(32)25-24(19-11-5-3-6-12-19)26(20-13-7-4-8-14-20)30-31-27(25)29-22-17-18-34-23-16-10-9-15-21(22)23/h3-16,22H,2,17-18H2,1H3,(H,29,31). The van der Waals surface area contributed by atoms with E-state index in [2.05, 4.69) is 15.5 Å². The zero-order valence-corrected chi connectivity index (χ0v) is 18.9. The summed E-state index contributed by atoms with van der Waals surface area (Å²) < 4.78 is 11.3. The number of hydrogen-bond donors (Lipinski definition) is 1. The lowest BCUT2D eigenvalue weighted by Crippen LogP contribution is -2.23. The van der Waals surface area contributed by atoms with Crippen LogP contribution in [0.25, 0.3) is 22.4 Å². The van der Waals surface area contributed by atoms with E-state index in [9.17, 15) is 4.79 Å². The average Bonchev–Trinajstić information content (AvgIpc) is 2.90. The number of aromatic nitrogens is 2. The summed E-state index contributed by atoms with van der Waals surface area (Å²) in [6, 6.07) is 27.4. The van der Waals surface area contributed by atoms with Crippen LogP contribution in [0.15, 0.2) is 84.9 Å². The van der Waals surface area contributed by atoms with Gasteiger partial charge in [0, 0.05) is 23.1 Å². The molecule has 1 N–H and O–H groups in total. The van der Waals surface area contributed by atoms with Crippen LogP contribution in [-0.2, 0) is 4.74 Å².